The predicted octanol–water partition coefficient (Wildman–Crippen LogP) is 4.74. The standard InChI is InChI=1S/C16H12ClFO/c1-2-5-11-8-9-12(17)10-14(11)16(19)13-6-3-4-7-15(13)18/h2-10H,1H3. The summed E-state index contributed by atoms with van der Waals surface area (Å²) < 4.78 is 13.7. The molecule has 0 aliphatic heterocycles. The second kappa shape index (κ2) is 5.81. The molecule has 0 aromatic heterocycles. The average Bonchev–Trinajstić information content (AvgIpc) is 2.41. The Hall–Kier alpha value is -1.93. The third kappa shape index (κ3) is 2.91. The molecule has 2 rings (SSSR count). The number of ketones is 1. The maximum Gasteiger partial charge on any atom is 0.196 e. The molecule has 0 amide bonds. The van der Waals surface area contributed by atoms with Gasteiger partial charge in [0.05, 0.1) is 5.56 Å². The van der Waals surface area contributed by atoms with Crippen LogP contribution in [0, 0.1) is 5.82 Å². The maximum atomic E-state index is 13.7. The quantitative estimate of drug-likeness (QED) is 0.739. The largest absolute Gasteiger partial charge is 0.288 e. The molecular weight excluding hydrogens is 263 g/mol. The average molecular weight is 275 g/mol. The van der Waals surface area contributed by atoms with Crippen LogP contribution in [0.4, 0.5) is 4.39 Å². The van der Waals surface area contributed by atoms with Crippen LogP contribution in [0.5, 0.6) is 0 Å². The Balaban J connectivity index is 2.55. The van der Waals surface area contributed by atoms with E-state index in [1.165, 1.54) is 12.1 Å². The Bertz CT molecular complexity index is 647. The molecule has 1 nitrogen and oxygen atoms in total. The number of carbonyl (C=O) groups is 1. The van der Waals surface area contributed by atoms with E-state index in [-0.39, 0.29) is 11.3 Å². The highest BCUT2D eigenvalue weighted by atomic mass is 35.5. The van der Waals surface area contributed by atoms with Crippen LogP contribution < -0.4 is 0 Å². The summed E-state index contributed by atoms with van der Waals surface area (Å²) in [5.41, 5.74) is 1.17. The van der Waals surface area contributed by atoms with E-state index in [2.05, 4.69) is 0 Å². The van der Waals surface area contributed by atoms with Gasteiger partial charge < -0.3 is 0 Å². The lowest BCUT2D eigenvalue weighted by Gasteiger charge is -2.07. The molecular formula is C16H12ClFO. The second-order valence-corrected chi connectivity index (χ2v) is 4.48. The van der Waals surface area contributed by atoms with Crippen molar-refractivity contribution < 1.29 is 9.18 Å². The van der Waals surface area contributed by atoms with Crippen molar-refractivity contribution in [2.24, 2.45) is 0 Å². The minimum absolute atomic E-state index is 0.0514. The van der Waals surface area contributed by atoms with Crippen molar-refractivity contribution in [2.45, 2.75) is 6.92 Å². The molecule has 2 aromatic carbocycles. The van der Waals surface area contributed by atoms with E-state index in [1.807, 2.05) is 13.0 Å². The number of halogens is 2. The van der Waals surface area contributed by atoms with Crippen LogP contribution >= 0.6 is 11.6 Å². The van der Waals surface area contributed by atoms with Gasteiger partial charge in [-0.15, -0.1) is 0 Å². The summed E-state index contributed by atoms with van der Waals surface area (Å²) in [6.07, 6.45) is 3.62. The number of hydrogen-bond acceptors (Lipinski definition) is 1. The maximum absolute atomic E-state index is 13.7. The molecule has 0 fully saturated rings. The zero-order valence-corrected chi connectivity index (χ0v) is 11.1. The van der Waals surface area contributed by atoms with Gasteiger partial charge in [-0.1, -0.05) is 42.0 Å². The molecule has 96 valence electrons. The van der Waals surface area contributed by atoms with E-state index >= 15 is 0 Å². The normalized spacial score (nSPS) is 10.9. The Labute approximate surface area is 116 Å². The number of rotatable bonds is 3. The summed E-state index contributed by atoms with van der Waals surface area (Å²) >= 11 is 5.92. The molecule has 0 heterocycles. The van der Waals surface area contributed by atoms with Crippen LogP contribution in [0.2, 0.25) is 5.02 Å². The van der Waals surface area contributed by atoms with Crippen LogP contribution in [0.25, 0.3) is 6.08 Å². The molecule has 19 heavy (non-hydrogen) atoms. The van der Waals surface area contributed by atoms with Crippen LogP contribution in [-0.4, -0.2) is 5.78 Å². The molecule has 0 saturated heterocycles. The van der Waals surface area contributed by atoms with Gasteiger partial charge in [0.25, 0.3) is 0 Å². The fourth-order valence-corrected chi connectivity index (χ4v) is 2.01. The first-order valence-corrected chi connectivity index (χ1v) is 6.22. The van der Waals surface area contributed by atoms with E-state index in [9.17, 15) is 9.18 Å². The summed E-state index contributed by atoms with van der Waals surface area (Å²) in [5, 5.41) is 0.452. The molecule has 0 radical (unpaired) electrons. The van der Waals surface area contributed by atoms with Gasteiger partial charge in [-0.25, -0.2) is 4.39 Å². The molecule has 0 N–H and O–H groups in total. The number of allylic oxidation sites excluding steroid dienone is 1. The third-order valence-corrected chi connectivity index (χ3v) is 2.96. The topological polar surface area (TPSA) is 17.1 Å². The Morgan fingerprint density at radius 1 is 1.16 bits per heavy atom. The second-order valence-electron chi connectivity index (χ2n) is 4.04. The molecule has 3 heteroatoms. The van der Waals surface area contributed by atoms with Crippen molar-refractivity contribution in [3.63, 3.8) is 0 Å². The van der Waals surface area contributed by atoms with Gasteiger partial charge in [-0.3, -0.25) is 4.79 Å². The predicted molar refractivity (Wildman–Crippen MR) is 76.0 cm³/mol. The summed E-state index contributed by atoms with van der Waals surface area (Å²) in [4.78, 5) is 12.4. The minimum atomic E-state index is -0.529. The molecule has 0 atom stereocenters. The first-order valence-electron chi connectivity index (χ1n) is 5.85. The van der Waals surface area contributed by atoms with E-state index in [0.29, 0.717) is 10.6 Å². The lowest BCUT2D eigenvalue weighted by Crippen LogP contribution is -2.06. The van der Waals surface area contributed by atoms with Crippen LogP contribution in [0.3, 0.4) is 0 Å². The van der Waals surface area contributed by atoms with Gasteiger partial charge in [0.15, 0.2) is 5.78 Å². The lowest BCUT2D eigenvalue weighted by molar-refractivity contribution is 0.103. The lowest BCUT2D eigenvalue weighted by atomic mass is 9.98. The van der Waals surface area contributed by atoms with Gasteiger partial charge >= 0.3 is 0 Å². The Morgan fingerprint density at radius 2 is 1.89 bits per heavy atom. The monoisotopic (exact) mass is 274 g/mol. The summed E-state index contributed by atoms with van der Waals surface area (Å²) in [6, 6.07) is 10.9. The molecule has 0 unspecified atom stereocenters. The molecule has 0 aliphatic rings. The van der Waals surface area contributed by atoms with Crippen molar-refractivity contribution in [1.82, 2.24) is 0 Å². The zero-order valence-electron chi connectivity index (χ0n) is 10.4. The van der Waals surface area contributed by atoms with E-state index in [1.54, 1.807) is 36.4 Å². The van der Waals surface area contributed by atoms with Crippen molar-refractivity contribution >= 4 is 23.5 Å². The highest BCUT2D eigenvalue weighted by Gasteiger charge is 2.16. The van der Waals surface area contributed by atoms with Gasteiger partial charge in [0, 0.05) is 10.6 Å². The molecule has 0 spiro atoms. The third-order valence-electron chi connectivity index (χ3n) is 2.72. The fourth-order valence-electron chi connectivity index (χ4n) is 1.84. The molecule has 0 saturated carbocycles. The van der Waals surface area contributed by atoms with Crippen LogP contribution in [-0.2, 0) is 0 Å². The van der Waals surface area contributed by atoms with Gasteiger partial charge in [0.1, 0.15) is 5.82 Å². The Kier molecular flexibility index (Phi) is 4.13. The summed E-state index contributed by atoms with van der Waals surface area (Å²) in [5.74, 6) is -0.896. The highest BCUT2D eigenvalue weighted by molar-refractivity contribution is 6.31. The van der Waals surface area contributed by atoms with Crippen LogP contribution in [0.1, 0.15) is 28.4 Å². The van der Waals surface area contributed by atoms with Crippen molar-refractivity contribution in [3.05, 3.63) is 76.1 Å². The van der Waals surface area contributed by atoms with Gasteiger partial charge in [-0.2, -0.15) is 0 Å². The summed E-state index contributed by atoms with van der Waals surface area (Å²) in [6.45, 7) is 1.85. The molecule has 0 aliphatic carbocycles. The van der Waals surface area contributed by atoms with E-state index < -0.39 is 5.82 Å². The number of carbonyl (C=O) groups excluding carboxylic acids is 1. The fraction of sp³-hybridized carbons (Fsp3) is 0.0625. The van der Waals surface area contributed by atoms with Crippen molar-refractivity contribution in [1.29, 1.82) is 0 Å². The van der Waals surface area contributed by atoms with Gasteiger partial charge in [-0.05, 0) is 36.8 Å². The number of benzene rings is 2. The minimum Gasteiger partial charge on any atom is -0.288 e. The highest BCUT2D eigenvalue weighted by Crippen LogP contribution is 2.22. The van der Waals surface area contributed by atoms with Gasteiger partial charge in [0.2, 0.25) is 0 Å². The van der Waals surface area contributed by atoms with Crippen molar-refractivity contribution in [2.75, 3.05) is 0 Å². The summed E-state index contributed by atoms with van der Waals surface area (Å²) in [7, 11) is 0. The van der Waals surface area contributed by atoms with E-state index in [4.69, 9.17) is 11.6 Å². The smallest absolute Gasteiger partial charge is 0.196 e. The van der Waals surface area contributed by atoms with E-state index in [0.717, 1.165) is 5.56 Å². The van der Waals surface area contributed by atoms with Crippen LogP contribution in [0.15, 0.2) is 48.5 Å². The number of hydrogen-bond donors (Lipinski definition) is 0. The first-order chi connectivity index (χ1) is 9.13. The first kappa shape index (κ1) is 13.5. The zero-order chi connectivity index (χ0) is 13.8. The van der Waals surface area contributed by atoms with Crippen molar-refractivity contribution in [3.8, 4) is 0 Å². The molecule has 2 aromatic rings. The SMILES string of the molecule is CC=Cc1ccc(Cl)cc1C(=O)c1ccccc1F. The Morgan fingerprint density at radius 3 is 2.58 bits per heavy atom. The molecule has 0 bridgehead atoms.